The van der Waals surface area contributed by atoms with Crippen LogP contribution >= 0.6 is 23.2 Å². The summed E-state index contributed by atoms with van der Waals surface area (Å²) in [6.45, 7) is 2.78. The second-order valence-electron chi connectivity index (χ2n) is 12.9. The lowest BCUT2D eigenvalue weighted by Gasteiger charge is -2.27. The Labute approximate surface area is 306 Å². The Morgan fingerprint density at radius 1 is 1.08 bits per heavy atom. The zero-order chi connectivity index (χ0) is 36.2. The Bertz CT molecular complexity index is 1960. The number of carbonyl (C=O) groups excluding carboxylic acids is 3. The number of halogens is 2. The Kier molecular flexibility index (Phi) is 11.2. The van der Waals surface area contributed by atoms with E-state index in [-0.39, 0.29) is 28.7 Å². The number of anilines is 1. The molecule has 3 aromatic heterocycles. The van der Waals surface area contributed by atoms with E-state index in [1.165, 1.54) is 0 Å². The third-order valence-electron chi connectivity index (χ3n) is 9.18. The van der Waals surface area contributed by atoms with Crippen molar-refractivity contribution in [2.24, 2.45) is 7.05 Å². The van der Waals surface area contributed by atoms with Crippen LogP contribution in [-0.2, 0) is 36.1 Å². The van der Waals surface area contributed by atoms with Gasteiger partial charge in [0, 0.05) is 87.1 Å². The predicted octanol–water partition coefficient (Wildman–Crippen LogP) is 4.32. The average Bonchev–Trinajstić information content (AvgIpc) is 3.69. The topological polar surface area (TPSA) is 147 Å². The lowest BCUT2D eigenvalue weighted by atomic mass is 10.1. The first-order valence-electron chi connectivity index (χ1n) is 16.8. The van der Waals surface area contributed by atoms with E-state index in [1.54, 1.807) is 54.1 Å². The number of nitrogens with one attached hydrogen (secondary N) is 3. The second kappa shape index (κ2) is 15.8. The SMILES string of the molecule is COc1nc(-c2ccnc(-c3cccc(NC(=O)c4nc5c(n4C)CCN(C(=O)CCN(C)C)C5)c3Cl)c2Cl)ccc1CNC[C@H]1CCC(=O)N1. The fourth-order valence-corrected chi connectivity index (χ4v) is 6.96. The predicted molar refractivity (Wildman–Crippen MR) is 196 cm³/mol. The van der Waals surface area contributed by atoms with E-state index in [9.17, 15) is 14.4 Å². The molecule has 4 aromatic rings. The van der Waals surface area contributed by atoms with Gasteiger partial charge in [-0.2, -0.15) is 0 Å². The number of rotatable bonds is 12. The van der Waals surface area contributed by atoms with Gasteiger partial charge < -0.3 is 35.1 Å². The molecule has 2 aliphatic rings. The fraction of sp³-hybridized carbons (Fsp3) is 0.389. The molecule has 5 heterocycles. The minimum absolute atomic E-state index is 0.0679. The highest BCUT2D eigenvalue weighted by atomic mass is 35.5. The van der Waals surface area contributed by atoms with Gasteiger partial charge in [0.1, 0.15) is 0 Å². The minimum atomic E-state index is -0.428. The van der Waals surface area contributed by atoms with Gasteiger partial charge in [0.2, 0.25) is 17.7 Å². The number of hydrogen-bond acceptors (Lipinski definition) is 9. The van der Waals surface area contributed by atoms with E-state index in [1.807, 2.05) is 31.1 Å². The van der Waals surface area contributed by atoms with Crippen LogP contribution in [0.25, 0.3) is 22.5 Å². The van der Waals surface area contributed by atoms with E-state index in [2.05, 4.69) is 25.9 Å². The lowest BCUT2D eigenvalue weighted by molar-refractivity contribution is -0.132. The highest BCUT2D eigenvalue weighted by Crippen LogP contribution is 2.40. The molecule has 2 aliphatic heterocycles. The Balaban J connectivity index is 1.18. The highest BCUT2D eigenvalue weighted by molar-refractivity contribution is 6.39. The van der Waals surface area contributed by atoms with Crippen molar-refractivity contribution in [1.29, 1.82) is 0 Å². The Morgan fingerprint density at radius 2 is 1.90 bits per heavy atom. The van der Waals surface area contributed by atoms with Gasteiger partial charge in [-0.05, 0) is 38.7 Å². The van der Waals surface area contributed by atoms with Gasteiger partial charge in [-0.1, -0.05) is 41.4 Å². The zero-order valence-electron chi connectivity index (χ0n) is 29.1. The normalized spacial score (nSPS) is 15.5. The van der Waals surface area contributed by atoms with E-state index >= 15 is 0 Å². The number of fused-ring (bicyclic) bond motifs is 1. The molecule has 1 aromatic carbocycles. The summed E-state index contributed by atoms with van der Waals surface area (Å²) in [7, 11) is 7.25. The number of methoxy groups -OCH3 is 1. The molecule has 0 radical (unpaired) electrons. The maximum absolute atomic E-state index is 13.6. The van der Waals surface area contributed by atoms with Gasteiger partial charge in [-0.3, -0.25) is 19.4 Å². The number of hydrogen-bond donors (Lipinski definition) is 3. The van der Waals surface area contributed by atoms with E-state index in [0.717, 1.165) is 17.7 Å². The van der Waals surface area contributed by atoms with Gasteiger partial charge in [0.15, 0.2) is 5.82 Å². The molecule has 0 spiro atoms. The van der Waals surface area contributed by atoms with Crippen molar-refractivity contribution < 1.29 is 19.1 Å². The van der Waals surface area contributed by atoms with Crippen LogP contribution < -0.4 is 20.7 Å². The first kappa shape index (κ1) is 36.2. The Hall–Kier alpha value is -4.56. The molecule has 6 rings (SSSR count). The van der Waals surface area contributed by atoms with Crippen LogP contribution in [0.1, 0.15) is 46.8 Å². The third-order valence-corrected chi connectivity index (χ3v) is 9.96. The number of pyridine rings is 2. The number of benzene rings is 1. The molecule has 15 heteroatoms. The summed E-state index contributed by atoms with van der Waals surface area (Å²) in [5.74, 6) is 0.401. The minimum Gasteiger partial charge on any atom is -0.481 e. The van der Waals surface area contributed by atoms with Crippen LogP contribution in [0.2, 0.25) is 10.0 Å². The Morgan fingerprint density at radius 3 is 2.65 bits per heavy atom. The number of imidazole rings is 1. The van der Waals surface area contributed by atoms with E-state index in [0.29, 0.717) is 96.8 Å². The van der Waals surface area contributed by atoms with E-state index < -0.39 is 5.91 Å². The summed E-state index contributed by atoms with van der Waals surface area (Å²) in [5, 5.41) is 9.83. The quantitative estimate of drug-likeness (QED) is 0.194. The number of carbonyl (C=O) groups is 3. The summed E-state index contributed by atoms with van der Waals surface area (Å²) < 4.78 is 7.39. The maximum Gasteiger partial charge on any atom is 0.291 e. The molecule has 0 unspecified atom stereocenters. The van der Waals surface area contributed by atoms with Gasteiger partial charge >= 0.3 is 0 Å². The molecule has 1 fully saturated rings. The second-order valence-corrected chi connectivity index (χ2v) is 13.7. The molecule has 3 amide bonds. The van der Waals surface area contributed by atoms with Crippen LogP contribution in [0.3, 0.4) is 0 Å². The van der Waals surface area contributed by atoms with Crippen molar-refractivity contribution >= 4 is 46.6 Å². The highest BCUT2D eigenvalue weighted by Gasteiger charge is 2.28. The molecule has 0 bridgehead atoms. The average molecular weight is 735 g/mol. The molecule has 0 aliphatic carbocycles. The summed E-state index contributed by atoms with van der Waals surface area (Å²) >= 11 is 13.9. The number of amides is 3. The van der Waals surface area contributed by atoms with Gasteiger partial charge in [-0.15, -0.1) is 0 Å². The van der Waals surface area contributed by atoms with Crippen molar-refractivity contribution in [1.82, 2.24) is 40.0 Å². The summed E-state index contributed by atoms with van der Waals surface area (Å²) in [4.78, 5) is 55.5. The first-order valence-corrected chi connectivity index (χ1v) is 17.6. The largest absolute Gasteiger partial charge is 0.481 e. The molecule has 51 heavy (non-hydrogen) atoms. The van der Waals surface area contributed by atoms with Gasteiger partial charge in [0.25, 0.3) is 5.91 Å². The molecule has 13 nitrogen and oxygen atoms in total. The van der Waals surface area contributed by atoms with Gasteiger partial charge in [-0.25, -0.2) is 9.97 Å². The smallest absolute Gasteiger partial charge is 0.291 e. The summed E-state index contributed by atoms with van der Waals surface area (Å²) in [6.07, 6.45) is 4.04. The van der Waals surface area contributed by atoms with Crippen molar-refractivity contribution in [2.75, 3.05) is 46.2 Å². The lowest BCUT2D eigenvalue weighted by Crippen LogP contribution is -2.37. The first-order chi connectivity index (χ1) is 24.5. The van der Waals surface area contributed by atoms with E-state index in [4.69, 9.17) is 32.9 Å². The summed E-state index contributed by atoms with van der Waals surface area (Å²) in [5.41, 5.74) is 5.05. The van der Waals surface area contributed by atoms with Crippen molar-refractivity contribution in [3.8, 4) is 28.4 Å². The molecular weight excluding hydrogens is 693 g/mol. The zero-order valence-corrected chi connectivity index (χ0v) is 30.6. The number of aromatic nitrogens is 4. The van der Waals surface area contributed by atoms with Crippen LogP contribution in [0.4, 0.5) is 5.69 Å². The van der Waals surface area contributed by atoms with Gasteiger partial charge in [0.05, 0.1) is 46.5 Å². The maximum atomic E-state index is 13.6. The molecule has 268 valence electrons. The fourth-order valence-electron chi connectivity index (χ4n) is 6.38. The van der Waals surface area contributed by atoms with Crippen LogP contribution in [0.5, 0.6) is 5.88 Å². The molecule has 0 saturated carbocycles. The number of ether oxygens (including phenoxy) is 1. The standard InChI is InChI=1S/C36H41Cl2N9O4/c1-45(2)16-14-30(49)47-17-13-28-27(20-47)42-34(46(28)3)35(50)43-26-7-5-6-24(31(26)37)33-32(38)23(12-15-40-33)25-10-8-21(36(44-25)51-4)18-39-19-22-9-11-29(48)41-22/h5-8,10,12,15,22,39H,9,11,13-14,16-20H2,1-4H3,(H,41,48)(H,43,50)/t22-/m1/s1. The number of nitrogens with zero attached hydrogens (tertiary/aromatic N) is 6. The van der Waals surface area contributed by atoms with Crippen molar-refractivity contribution in [2.45, 2.75) is 44.8 Å². The van der Waals surface area contributed by atoms with Crippen LogP contribution in [-0.4, -0.2) is 93.9 Å². The van der Waals surface area contributed by atoms with Crippen molar-refractivity contribution in [3.63, 3.8) is 0 Å². The molecule has 1 atom stereocenters. The monoisotopic (exact) mass is 733 g/mol. The third kappa shape index (κ3) is 8.01. The van der Waals surface area contributed by atoms with Crippen molar-refractivity contribution in [3.05, 3.63) is 75.4 Å². The van der Waals surface area contributed by atoms with Crippen LogP contribution in [0.15, 0.2) is 42.6 Å². The van der Waals surface area contributed by atoms with Crippen LogP contribution in [0, 0.1) is 0 Å². The molecular formula is C36H41Cl2N9O4. The molecule has 1 saturated heterocycles. The summed E-state index contributed by atoms with van der Waals surface area (Å²) in [6, 6.07) is 10.9. The molecule has 3 N–H and O–H groups in total.